The van der Waals surface area contributed by atoms with Crippen molar-refractivity contribution in [2.75, 3.05) is 12.3 Å². The third-order valence-corrected chi connectivity index (χ3v) is 3.61. The van der Waals surface area contributed by atoms with Crippen molar-refractivity contribution in [3.8, 4) is 11.3 Å². The van der Waals surface area contributed by atoms with Crippen LogP contribution in [0.1, 0.15) is 49.3 Å². The molecule has 0 aliphatic heterocycles. The first kappa shape index (κ1) is 16.9. The van der Waals surface area contributed by atoms with Gasteiger partial charge in [-0.1, -0.05) is 45.0 Å². The van der Waals surface area contributed by atoms with E-state index in [1.807, 2.05) is 24.3 Å². The minimum absolute atomic E-state index is 0.0586. The zero-order valence-electron chi connectivity index (χ0n) is 14.3. The van der Waals surface area contributed by atoms with Crippen LogP contribution in [0.3, 0.4) is 0 Å². The largest absolute Gasteiger partial charge is 0.462 e. The summed E-state index contributed by atoms with van der Waals surface area (Å²) >= 11 is 0. The van der Waals surface area contributed by atoms with E-state index in [-0.39, 0.29) is 11.4 Å². The van der Waals surface area contributed by atoms with Crippen LogP contribution in [0.15, 0.2) is 24.3 Å². The van der Waals surface area contributed by atoms with Gasteiger partial charge < -0.3 is 10.5 Å². The van der Waals surface area contributed by atoms with Crippen LogP contribution in [0.4, 0.5) is 5.95 Å². The molecule has 0 unspecified atom stereocenters. The molecule has 0 bridgehead atoms. The van der Waals surface area contributed by atoms with E-state index < -0.39 is 5.97 Å². The van der Waals surface area contributed by atoms with Gasteiger partial charge in [0.25, 0.3) is 0 Å². The minimum atomic E-state index is -0.431. The first-order chi connectivity index (χ1) is 10.7. The SMILES string of the molecule is CCOC(=O)c1c(C)nc(N)nc1-c1ccc(C(C)(C)C)cc1. The molecule has 2 aromatic rings. The molecule has 0 aliphatic rings. The predicted molar refractivity (Wildman–Crippen MR) is 91.3 cm³/mol. The lowest BCUT2D eigenvalue weighted by Crippen LogP contribution is -2.13. The van der Waals surface area contributed by atoms with Crippen LogP contribution in [0.2, 0.25) is 0 Å². The lowest BCUT2D eigenvalue weighted by atomic mass is 9.86. The van der Waals surface area contributed by atoms with Crippen LogP contribution in [-0.2, 0) is 10.2 Å². The van der Waals surface area contributed by atoms with E-state index in [9.17, 15) is 4.79 Å². The number of aromatic nitrogens is 2. The summed E-state index contributed by atoms with van der Waals surface area (Å²) in [4.78, 5) is 20.6. The number of esters is 1. The number of hydrogen-bond acceptors (Lipinski definition) is 5. The molecule has 0 saturated heterocycles. The van der Waals surface area contributed by atoms with Gasteiger partial charge in [-0.25, -0.2) is 14.8 Å². The fraction of sp³-hybridized carbons (Fsp3) is 0.389. The third-order valence-electron chi connectivity index (χ3n) is 3.61. The van der Waals surface area contributed by atoms with E-state index in [1.54, 1.807) is 13.8 Å². The van der Waals surface area contributed by atoms with E-state index >= 15 is 0 Å². The maximum Gasteiger partial charge on any atom is 0.342 e. The summed E-state index contributed by atoms with van der Waals surface area (Å²) in [6.07, 6.45) is 0. The Kier molecular flexibility index (Phi) is 4.68. The molecule has 0 radical (unpaired) electrons. The van der Waals surface area contributed by atoms with Crippen molar-refractivity contribution in [2.24, 2.45) is 0 Å². The van der Waals surface area contributed by atoms with Gasteiger partial charge in [-0.2, -0.15) is 0 Å². The highest BCUT2D eigenvalue weighted by Crippen LogP contribution is 2.28. The number of ether oxygens (including phenoxy) is 1. The highest BCUT2D eigenvalue weighted by Gasteiger charge is 2.21. The molecular formula is C18H23N3O2. The van der Waals surface area contributed by atoms with Crippen LogP contribution in [0.25, 0.3) is 11.3 Å². The summed E-state index contributed by atoms with van der Waals surface area (Å²) in [5.41, 5.74) is 9.24. The number of nitrogens with zero attached hydrogens (tertiary/aromatic N) is 2. The Morgan fingerprint density at radius 3 is 2.30 bits per heavy atom. The zero-order valence-corrected chi connectivity index (χ0v) is 14.3. The molecule has 1 aromatic heterocycles. The fourth-order valence-corrected chi connectivity index (χ4v) is 2.38. The zero-order chi connectivity index (χ0) is 17.2. The second-order valence-electron chi connectivity index (χ2n) is 6.44. The smallest absolute Gasteiger partial charge is 0.342 e. The van der Waals surface area contributed by atoms with Gasteiger partial charge in [-0.15, -0.1) is 0 Å². The lowest BCUT2D eigenvalue weighted by molar-refractivity contribution is 0.0525. The number of carbonyl (C=O) groups is 1. The van der Waals surface area contributed by atoms with Crippen LogP contribution in [0, 0.1) is 6.92 Å². The Hall–Kier alpha value is -2.43. The second-order valence-corrected chi connectivity index (χ2v) is 6.44. The average Bonchev–Trinajstić information content (AvgIpc) is 2.45. The number of anilines is 1. The molecule has 0 spiro atoms. The van der Waals surface area contributed by atoms with Crippen molar-refractivity contribution >= 4 is 11.9 Å². The summed E-state index contributed by atoms with van der Waals surface area (Å²) in [6, 6.07) is 7.98. The molecule has 23 heavy (non-hydrogen) atoms. The lowest BCUT2D eigenvalue weighted by Gasteiger charge is -2.19. The first-order valence-electron chi connectivity index (χ1n) is 7.66. The molecule has 0 fully saturated rings. The van der Waals surface area contributed by atoms with E-state index in [0.717, 1.165) is 5.56 Å². The Labute approximate surface area is 136 Å². The number of rotatable bonds is 3. The average molecular weight is 313 g/mol. The van der Waals surface area contributed by atoms with Gasteiger partial charge in [0.05, 0.1) is 18.0 Å². The summed E-state index contributed by atoms with van der Waals surface area (Å²) in [7, 11) is 0. The highest BCUT2D eigenvalue weighted by molar-refractivity contribution is 5.97. The quantitative estimate of drug-likeness (QED) is 0.877. The Morgan fingerprint density at radius 1 is 1.17 bits per heavy atom. The van der Waals surface area contributed by atoms with E-state index in [1.165, 1.54) is 5.56 Å². The van der Waals surface area contributed by atoms with Gasteiger partial charge in [0.1, 0.15) is 5.56 Å². The predicted octanol–water partition coefficient (Wildman–Crippen LogP) is 3.51. The summed E-state index contributed by atoms with van der Waals surface area (Å²) < 4.78 is 5.13. The molecule has 2 N–H and O–H groups in total. The van der Waals surface area contributed by atoms with Crippen molar-refractivity contribution in [1.82, 2.24) is 9.97 Å². The maximum absolute atomic E-state index is 12.3. The Balaban J connectivity index is 2.56. The molecule has 1 heterocycles. The highest BCUT2D eigenvalue weighted by atomic mass is 16.5. The van der Waals surface area contributed by atoms with E-state index in [4.69, 9.17) is 10.5 Å². The molecule has 0 aliphatic carbocycles. The number of nitrogen functional groups attached to an aromatic ring is 1. The van der Waals surface area contributed by atoms with Crippen molar-refractivity contribution in [2.45, 2.75) is 40.0 Å². The molecule has 2 rings (SSSR count). The monoisotopic (exact) mass is 313 g/mol. The molecular weight excluding hydrogens is 290 g/mol. The molecule has 122 valence electrons. The molecule has 1 aromatic carbocycles. The van der Waals surface area contributed by atoms with Crippen LogP contribution < -0.4 is 5.73 Å². The standard InChI is InChI=1S/C18H23N3O2/c1-6-23-16(22)14-11(2)20-17(19)21-15(14)12-7-9-13(10-8-12)18(3,4)5/h7-10H,6H2,1-5H3,(H2,19,20,21). The van der Waals surface area contributed by atoms with Crippen LogP contribution in [-0.4, -0.2) is 22.5 Å². The van der Waals surface area contributed by atoms with Crippen molar-refractivity contribution in [3.63, 3.8) is 0 Å². The Bertz CT molecular complexity index is 716. The number of carbonyl (C=O) groups excluding carboxylic acids is 1. The molecule has 5 nitrogen and oxygen atoms in total. The van der Waals surface area contributed by atoms with Crippen molar-refractivity contribution in [1.29, 1.82) is 0 Å². The summed E-state index contributed by atoms with van der Waals surface area (Å²) in [5, 5.41) is 0. The number of benzene rings is 1. The number of aryl methyl sites for hydroxylation is 1. The third kappa shape index (κ3) is 3.67. The molecule has 0 saturated carbocycles. The van der Waals surface area contributed by atoms with Gasteiger partial charge in [0, 0.05) is 5.56 Å². The summed E-state index contributed by atoms with van der Waals surface area (Å²) in [5.74, 6) is -0.287. The molecule has 5 heteroatoms. The second kappa shape index (κ2) is 6.36. The maximum atomic E-state index is 12.3. The van der Waals surface area contributed by atoms with Crippen molar-refractivity contribution < 1.29 is 9.53 Å². The van der Waals surface area contributed by atoms with Gasteiger partial charge in [0.2, 0.25) is 5.95 Å². The van der Waals surface area contributed by atoms with Gasteiger partial charge in [-0.05, 0) is 24.8 Å². The van der Waals surface area contributed by atoms with Crippen molar-refractivity contribution in [3.05, 3.63) is 41.1 Å². The van der Waals surface area contributed by atoms with Crippen LogP contribution in [0.5, 0.6) is 0 Å². The summed E-state index contributed by atoms with van der Waals surface area (Å²) in [6.45, 7) is 10.3. The van der Waals surface area contributed by atoms with Crippen LogP contribution >= 0.6 is 0 Å². The van der Waals surface area contributed by atoms with Gasteiger partial charge in [0.15, 0.2) is 0 Å². The first-order valence-corrected chi connectivity index (χ1v) is 7.66. The normalized spacial score (nSPS) is 11.3. The number of nitrogens with two attached hydrogens (primary N) is 1. The van der Waals surface area contributed by atoms with E-state index in [0.29, 0.717) is 23.6 Å². The molecule has 0 amide bonds. The molecule has 0 atom stereocenters. The van der Waals surface area contributed by atoms with Gasteiger partial charge in [-0.3, -0.25) is 0 Å². The van der Waals surface area contributed by atoms with Gasteiger partial charge >= 0.3 is 5.97 Å². The minimum Gasteiger partial charge on any atom is -0.462 e. The Morgan fingerprint density at radius 2 is 1.78 bits per heavy atom. The fourth-order valence-electron chi connectivity index (χ4n) is 2.38. The number of hydrogen-bond donors (Lipinski definition) is 1. The van der Waals surface area contributed by atoms with E-state index in [2.05, 4.69) is 30.7 Å². The topological polar surface area (TPSA) is 78.1 Å².